The molecule has 0 radical (unpaired) electrons. The maximum absolute atomic E-state index is 3.57. The van der Waals surface area contributed by atoms with Crippen molar-refractivity contribution in [2.75, 3.05) is 32.7 Å². The molecule has 1 fully saturated rings. The van der Waals surface area contributed by atoms with E-state index in [-0.39, 0.29) is 0 Å². The van der Waals surface area contributed by atoms with Crippen molar-refractivity contribution in [3.05, 3.63) is 35.9 Å². The van der Waals surface area contributed by atoms with Gasteiger partial charge in [0.05, 0.1) is 0 Å². The first-order valence-electron chi connectivity index (χ1n) is 7.85. The van der Waals surface area contributed by atoms with Gasteiger partial charge in [0, 0.05) is 13.1 Å². The zero-order chi connectivity index (χ0) is 13.3. The van der Waals surface area contributed by atoms with Crippen LogP contribution in [0.2, 0.25) is 0 Å². The van der Waals surface area contributed by atoms with Gasteiger partial charge in [-0.05, 0) is 56.8 Å². The molecule has 2 nitrogen and oxygen atoms in total. The van der Waals surface area contributed by atoms with Gasteiger partial charge in [-0.1, -0.05) is 37.3 Å². The van der Waals surface area contributed by atoms with E-state index in [0.29, 0.717) is 0 Å². The quantitative estimate of drug-likeness (QED) is 0.758. The van der Waals surface area contributed by atoms with Crippen LogP contribution in [-0.2, 0) is 6.42 Å². The molecule has 0 amide bonds. The highest BCUT2D eigenvalue weighted by Gasteiger charge is 2.18. The summed E-state index contributed by atoms with van der Waals surface area (Å²) in [5.41, 5.74) is 1.47. The fraction of sp³-hybridized carbons (Fsp3) is 0.647. The van der Waals surface area contributed by atoms with Gasteiger partial charge in [-0.15, -0.1) is 0 Å². The second kappa shape index (κ2) is 8.34. The Bertz CT molecular complexity index is 336. The van der Waals surface area contributed by atoms with Gasteiger partial charge in [-0.3, -0.25) is 0 Å². The van der Waals surface area contributed by atoms with Crippen molar-refractivity contribution in [3.63, 3.8) is 0 Å². The monoisotopic (exact) mass is 260 g/mol. The molecule has 0 aromatic heterocycles. The highest BCUT2D eigenvalue weighted by atomic mass is 15.1. The van der Waals surface area contributed by atoms with E-state index in [1.807, 2.05) is 0 Å². The average molecular weight is 260 g/mol. The Kier molecular flexibility index (Phi) is 6.38. The Hall–Kier alpha value is -0.860. The lowest BCUT2D eigenvalue weighted by Crippen LogP contribution is -2.40. The summed E-state index contributed by atoms with van der Waals surface area (Å²) >= 11 is 0. The second-order valence-corrected chi connectivity index (χ2v) is 5.75. The molecule has 106 valence electrons. The van der Waals surface area contributed by atoms with Gasteiger partial charge >= 0.3 is 0 Å². The molecule has 0 bridgehead atoms. The van der Waals surface area contributed by atoms with Gasteiger partial charge in [0.2, 0.25) is 0 Å². The lowest BCUT2D eigenvalue weighted by molar-refractivity contribution is 0.174. The molecule has 1 unspecified atom stereocenters. The lowest BCUT2D eigenvalue weighted by atomic mass is 9.97. The summed E-state index contributed by atoms with van der Waals surface area (Å²) in [6.07, 6.45) is 5.20. The maximum Gasteiger partial charge on any atom is 0.00219 e. The number of likely N-dealkylation sites (tertiary alicyclic amines) is 1. The Morgan fingerprint density at radius 2 is 2.11 bits per heavy atom. The number of rotatable bonds is 7. The third kappa shape index (κ3) is 5.33. The van der Waals surface area contributed by atoms with Crippen LogP contribution in [-0.4, -0.2) is 37.6 Å². The molecule has 1 aromatic rings. The molecule has 1 aliphatic rings. The van der Waals surface area contributed by atoms with E-state index in [1.54, 1.807) is 0 Å². The molecule has 1 N–H and O–H groups in total. The minimum Gasteiger partial charge on any atom is -0.316 e. The summed E-state index contributed by atoms with van der Waals surface area (Å²) in [7, 11) is 0. The number of hydrogen-bond acceptors (Lipinski definition) is 2. The molecule has 1 atom stereocenters. The topological polar surface area (TPSA) is 15.3 Å². The van der Waals surface area contributed by atoms with Crippen LogP contribution in [0.1, 0.15) is 31.7 Å². The summed E-state index contributed by atoms with van der Waals surface area (Å²) in [6, 6.07) is 10.9. The Morgan fingerprint density at radius 1 is 1.26 bits per heavy atom. The lowest BCUT2D eigenvalue weighted by Gasteiger charge is -2.33. The van der Waals surface area contributed by atoms with Gasteiger partial charge in [0.25, 0.3) is 0 Å². The second-order valence-electron chi connectivity index (χ2n) is 5.75. The minimum absolute atomic E-state index is 0.857. The Labute approximate surface area is 118 Å². The van der Waals surface area contributed by atoms with Crippen LogP contribution in [0, 0.1) is 5.92 Å². The van der Waals surface area contributed by atoms with Crippen molar-refractivity contribution >= 4 is 0 Å². The van der Waals surface area contributed by atoms with Crippen LogP contribution in [0.4, 0.5) is 0 Å². The average Bonchev–Trinajstić information content (AvgIpc) is 2.47. The van der Waals surface area contributed by atoms with Crippen LogP contribution in [0.3, 0.4) is 0 Å². The summed E-state index contributed by atoms with van der Waals surface area (Å²) in [5, 5.41) is 3.57. The van der Waals surface area contributed by atoms with Crippen molar-refractivity contribution < 1.29 is 0 Å². The highest BCUT2D eigenvalue weighted by Crippen LogP contribution is 2.16. The normalized spacial score (nSPS) is 20.6. The number of nitrogens with zero attached hydrogens (tertiary/aromatic N) is 1. The number of piperidine rings is 1. The maximum atomic E-state index is 3.57. The van der Waals surface area contributed by atoms with Crippen molar-refractivity contribution in [3.8, 4) is 0 Å². The van der Waals surface area contributed by atoms with E-state index in [1.165, 1.54) is 64.0 Å². The van der Waals surface area contributed by atoms with Gasteiger partial charge in [0.15, 0.2) is 0 Å². The third-order valence-corrected chi connectivity index (χ3v) is 4.02. The molecule has 2 heteroatoms. The molecule has 1 aromatic carbocycles. The van der Waals surface area contributed by atoms with Crippen molar-refractivity contribution in [2.45, 2.75) is 32.6 Å². The van der Waals surface area contributed by atoms with E-state index >= 15 is 0 Å². The SMILES string of the molecule is CCCNCC1CCCN(CCc2ccccc2)C1. The molecular formula is C17H28N2. The highest BCUT2D eigenvalue weighted by molar-refractivity contribution is 5.14. The van der Waals surface area contributed by atoms with Crippen LogP contribution >= 0.6 is 0 Å². The molecule has 1 heterocycles. The summed E-state index contributed by atoms with van der Waals surface area (Å²) in [4.78, 5) is 2.65. The van der Waals surface area contributed by atoms with Crippen LogP contribution < -0.4 is 5.32 Å². The van der Waals surface area contributed by atoms with Gasteiger partial charge in [-0.2, -0.15) is 0 Å². The molecule has 0 saturated carbocycles. The molecule has 1 saturated heterocycles. The Balaban J connectivity index is 1.69. The molecule has 0 spiro atoms. The van der Waals surface area contributed by atoms with Crippen molar-refractivity contribution in [1.82, 2.24) is 10.2 Å². The zero-order valence-corrected chi connectivity index (χ0v) is 12.3. The first-order chi connectivity index (χ1) is 9.38. The van der Waals surface area contributed by atoms with Crippen LogP contribution in [0.5, 0.6) is 0 Å². The molecule has 19 heavy (non-hydrogen) atoms. The Morgan fingerprint density at radius 3 is 2.89 bits per heavy atom. The standard InChI is InChI=1S/C17H28N2/c1-2-11-18-14-17-9-6-12-19(15-17)13-10-16-7-4-3-5-8-16/h3-5,7-8,17-18H,2,6,9-15H2,1H3. The number of nitrogens with one attached hydrogen (secondary N) is 1. The summed E-state index contributed by atoms with van der Waals surface area (Å²) < 4.78 is 0. The molecule has 0 aliphatic carbocycles. The van der Waals surface area contributed by atoms with E-state index in [2.05, 4.69) is 47.5 Å². The van der Waals surface area contributed by atoms with E-state index < -0.39 is 0 Å². The third-order valence-electron chi connectivity index (χ3n) is 4.02. The van der Waals surface area contributed by atoms with E-state index in [9.17, 15) is 0 Å². The van der Waals surface area contributed by atoms with Crippen LogP contribution in [0.25, 0.3) is 0 Å². The molecular weight excluding hydrogens is 232 g/mol. The van der Waals surface area contributed by atoms with Gasteiger partial charge < -0.3 is 10.2 Å². The predicted molar refractivity (Wildman–Crippen MR) is 82.5 cm³/mol. The smallest absolute Gasteiger partial charge is 0.00219 e. The summed E-state index contributed by atoms with van der Waals surface area (Å²) in [5.74, 6) is 0.857. The first kappa shape index (κ1) is 14.5. The minimum atomic E-state index is 0.857. The zero-order valence-electron chi connectivity index (χ0n) is 12.3. The largest absolute Gasteiger partial charge is 0.316 e. The summed E-state index contributed by atoms with van der Waals surface area (Å²) in [6.45, 7) is 8.39. The number of benzene rings is 1. The van der Waals surface area contributed by atoms with Crippen LogP contribution in [0.15, 0.2) is 30.3 Å². The van der Waals surface area contributed by atoms with Crippen molar-refractivity contribution in [2.24, 2.45) is 5.92 Å². The van der Waals surface area contributed by atoms with E-state index in [4.69, 9.17) is 0 Å². The van der Waals surface area contributed by atoms with Crippen molar-refractivity contribution in [1.29, 1.82) is 0 Å². The first-order valence-corrected chi connectivity index (χ1v) is 7.85. The predicted octanol–water partition coefficient (Wildman–Crippen LogP) is 2.94. The van der Waals surface area contributed by atoms with Gasteiger partial charge in [0.1, 0.15) is 0 Å². The fourth-order valence-corrected chi connectivity index (χ4v) is 2.94. The van der Waals surface area contributed by atoms with Gasteiger partial charge in [-0.25, -0.2) is 0 Å². The fourth-order valence-electron chi connectivity index (χ4n) is 2.94. The molecule has 2 rings (SSSR count). The molecule has 1 aliphatic heterocycles. The number of hydrogen-bond donors (Lipinski definition) is 1. The van der Waals surface area contributed by atoms with E-state index in [0.717, 1.165) is 5.92 Å².